The largest absolute Gasteiger partial charge is 0.479 e. The van der Waals surface area contributed by atoms with E-state index in [1.807, 2.05) is 6.07 Å². The molecule has 0 spiro atoms. The summed E-state index contributed by atoms with van der Waals surface area (Å²) in [6, 6.07) is 8.66. The van der Waals surface area contributed by atoms with Crippen molar-refractivity contribution in [1.29, 1.82) is 0 Å². The van der Waals surface area contributed by atoms with Crippen LogP contribution in [0.5, 0.6) is 0 Å². The van der Waals surface area contributed by atoms with Gasteiger partial charge in [-0.25, -0.2) is 4.79 Å². The average Bonchev–Trinajstić information content (AvgIpc) is 2.16. The summed E-state index contributed by atoms with van der Waals surface area (Å²) < 4.78 is 0. The van der Waals surface area contributed by atoms with Crippen molar-refractivity contribution in [3.8, 4) is 0 Å². The highest BCUT2D eigenvalue weighted by molar-refractivity contribution is 5.79. The van der Waals surface area contributed by atoms with Crippen LogP contribution in [-0.2, 0) is 10.4 Å². The monoisotopic (exact) mass is 206 g/mol. The van der Waals surface area contributed by atoms with Gasteiger partial charge < -0.3 is 10.2 Å². The van der Waals surface area contributed by atoms with Gasteiger partial charge in [0, 0.05) is 5.92 Å². The highest BCUT2D eigenvalue weighted by Crippen LogP contribution is 2.42. The molecule has 1 fully saturated rings. The third kappa shape index (κ3) is 1.53. The smallest absolute Gasteiger partial charge is 0.340 e. The first-order chi connectivity index (χ1) is 7.15. The van der Waals surface area contributed by atoms with Crippen molar-refractivity contribution in [2.75, 3.05) is 0 Å². The fourth-order valence-corrected chi connectivity index (χ4v) is 2.05. The van der Waals surface area contributed by atoms with E-state index in [4.69, 9.17) is 0 Å². The topological polar surface area (TPSA) is 57.5 Å². The summed E-state index contributed by atoms with van der Waals surface area (Å²) >= 11 is 0. The van der Waals surface area contributed by atoms with Crippen molar-refractivity contribution in [1.82, 2.24) is 0 Å². The fourth-order valence-electron chi connectivity index (χ4n) is 2.05. The van der Waals surface area contributed by atoms with Gasteiger partial charge in [-0.3, -0.25) is 0 Å². The van der Waals surface area contributed by atoms with Gasteiger partial charge in [-0.15, -0.1) is 0 Å². The summed E-state index contributed by atoms with van der Waals surface area (Å²) in [4.78, 5) is 11.2. The highest BCUT2D eigenvalue weighted by atomic mass is 16.4. The first kappa shape index (κ1) is 10.2. The van der Waals surface area contributed by atoms with Crippen molar-refractivity contribution >= 4 is 5.97 Å². The molecule has 0 heterocycles. The van der Waals surface area contributed by atoms with Crippen LogP contribution < -0.4 is 0 Å². The molecule has 1 aromatic rings. The summed E-state index contributed by atoms with van der Waals surface area (Å²) in [7, 11) is 0. The number of rotatable bonds is 3. The number of benzene rings is 1. The molecule has 2 N–H and O–H groups in total. The van der Waals surface area contributed by atoms with E-state index in [2.05, 4.69) is 0 Å². The van der Waals surface area contributed by atoms with E-state index in [0.29, 0.717) is 5.56 Å². The molecule has 0 aliphatic heterocycles. The van der Waals surface area contributed by atoms with Crippen LogP contribution in [0.4, 0.5) is 0 Å². The normalized spacial score (nSPS) is 20.3. The Balaban J connectivity index is 2.38. The van der Waals surface area contributed by atoms with Crippen LogP contribution in [0.3, 0.4) is 0 Å². The van der Waals surface area contributed by atoms with Gasteiger partial charge in [0.2, 0.25) is 0 Å². The number of carboxylic acids is 1. The highest BCUT2D eigenvalue weighted by Gasteiger charge is 2.47. The predicted molar refractivity (Wildman–Crippen MR) is 55.3 cm³/mol. The van der Waals surface area contributed by atoms with Crippen molar-refractivity contribution in [2.24, 2.45) is 5.92 Å². The Morgan fingerprint density at radius 2 is 1.87 bits per heavy atom. The zero-order valence-electron chi connectivity index (χ0n) is 8.39. The lowest BCUT2D eigenvalue weighted by molar-refractivity contribution is -0.171. The third-order valence-corrected chi connectivity index (χ3v) is 3.24. The molecule has 80 valence electrons. The molecule has 3 nitrogen and oxygen atoms in total. The average molecular weight is 206 g/mol. The van der Waals surface area contributed by atoms with Gasteiger partial charge in [-0.2, -0.15) is 0 Å². The number of carbonyl (C=O) groups is 1. The molecule has 0 amide bonds. The molecule has 1 saturated carbocycles. The van der Waals surface area contributed by atoms with E-state index in [0.717, 1.165) is 19.3 Å². The molecule has 0 saturated heterocycles. The SMILES string of the molecule is O=C(O)[C@](O)(c1ccccc1)C1CCC1. The molecule has 15 heavy (non-hydrogen) atoms. The maximum Gasteiger partial charge on any atom is 0.340 e. The Kier molecular flexibility index (Phi) is 2.49. The van der Waals surface area contributed by atoms with Gasteiger partial charge in [-0.1, -0.05) is 36.8 Å². The summed E-state index contributed by atoms with van der Waals surface area (Å²) in [6.07, 6.45) is 2.59. The standard InChI is InChI=1S/C12H14O3/c13-11(14)12(15,10-7-4-8-10)9-5-2-1-3-6-9/h1-3,5-6,10,15H,4,7-8H2,(H,13,14)/t12-/m0/s1. The van der Waals surface area contributed by atoms with Crippen molar-refractivity contribution in [3.05, 3.63) is 35.9 Å². The van der Waals surface area contributed by atoms with Crippen molar-refractivity contribution < 1.29 is 15.0 Å². The van der Waals surface area contributed by atoms with Gasteiger partial charge in [0.15, 0.2) is 5.60 Å². The Bertz CT molecular complexity index is 356. The molecular formula is C12H14O3. The minimum Gasteiger partial charge on any atom is -0.479 e. The fraction of sp³-hybridized carbons (Fsp3) is 0.417. The molecule has 1 aliphatic rings. The lowest BCUT2D eigenvalue weighted by atomic mass is 9.70. The zero-order valence-corrected chi connectivity index (χ0v) is 8.39. The first-order valence-corrected chi connectivity index (χ1v) is 5.17. The lowest BCUT2D eigenvalue weighted by Gasteiger charge is -2.38. The molecule has 0 unspecified atom stereocenters. The Morgan fingerprint density at radius 1 is 1.27 bits per heavy atom. The van der Waals surface area contributed by atoms with Crippen LogP contribution in [0.15, 0.2) is 30.3 Å². The molecule has 1 aliphatic carbocycles. The number of hydrogen-bond donors (Lipinski definition) is 2. The Labute approximate surface area is 88.4 Å². The quantitative estimate of drug-likeness (QED) is 0.792. The molecule has 0 bridgehead atoms. The molecule has 3 heteroatoms. The van der Waals surface area contributed by atoms with Crippen LogP contribution in [0.25, 0.3) is 0 Å². The second kappa shape index (κ2) is 3.66. The van der Waals surface area contributed by atoms with E-state index in [9.17, 15) is 15.0 Å². The van der Waals surface area contributed by atoms with Gasteiger partial charge in [0.25, 0.3) is 0 Å². The van der Waals surface area contributed by atoms with Crippen LogP contribution in [-0.4, -0.2) is 16.2 Å². The van der Waals surface area contributed by atoms with E-state index in [-0.39, 0.29) is 5.92 Å². The van der Waals surface area contributed by atoms with E-state index < -0.39 is 11.6 Å². The van der Waals surface area contributed by atoms with Crippen LogP contribution in [0, 0.1) is 5.92 Å². The number of aliphatic hydroxyl groups is 1. The van der Waals surface area contributed by atoms with Crippen molar-refractivity contribution in [2.45, 2.75) is 24.9 Å². The molecule has 0 radical (unpaired) electrons. The second-order valence-corrected chi connectivity index (χ2v) is 4.07. The van der Waals surface area contributed by atoms with Gasteiger partial charge in [-0.05, 0) is 18.4 Å². The molecule has 2 rings (SSSR count). The number of carboxylic acid groups (broad SMARTS) is 1. The maximum absolute atomic E-state index is 11.2. The van der Waals surface area contributed by atoms with E-state index in [1.54, 1.807) is 24.3 Å². The van der Waals surface area contributed by atoms with Crippen molar-refractivity contribution in [3.63, 3.8) is 0 Å². The minimum atomic E-state index is -1.69. The van der Waals surface area contributed by atoms with Crippen LogP contribution in [0.2, 0.25) is 0 Å². The molecular weight excluding hydrogens is 192 g/mol. The Morgan fingerprint density at radius 3 is 2.27 bits per heavy atom. The maximum atomic E-state index is 11.2. The van der Waals surface area contributed by atoms with Gasteiger partial charge in [0.1, 0.15) is 0 Å². The molecule has 0 aromatic heterocycles. The van der Waals surface area contributed by atoms with Gasteiger partial charge in [0.05, 0.1) is 0 Å². The van der Waals surface area contributed by atoms with Gasteiger partial charge >= 0.3 is 5.97 Å². The molecule has 1 aromatic carbocycles. The minimum absolute atomic E-state index is 0.141. The molecule has 1 atom stereocenters. The number of hydrogen-bond acceptors (Lipinski definition) is 2. The summed E-state index contributed by atoms with van der Waals surface area (Å²) in [6.45, 7) is 0. The predicted octanol–water partition coefficient (Wildman–Crippen LogP) is 1.76. The summed E-state index contributed by atoms with van der Waals surface area (Å²) in [5.74, 6) is -1.28. The van der Waals surface area contributed by atoms with Crippen LogP contribution in [0.1, 0.15) is 24.8 Å². The summed E-state index contributed by atoms with van der Waals surface area (Å²) in [5, 5.41) is 19.5. The second-order valence-electron chi connectivity index (χ2n) is 4.07. The number of aliphatic carboxylic acids is 1. The lowest BCUT2D eigenvalue weighted by Crippen LogP contribution is -2.45. The first-order valence-electron chi connectivity index (χ1n) is 5.17. The zero-order chi connectivity index (χ0) is 10.9. The van der Waals surface area contributed by atoms with E-state index in [1.165, 1.54) is 0 Å². The summed E-state index contributed by atoms with van der Waals surface area (Å²) in [5.41, 5.74) is -1.21. The van der Waals surface area contributed by atoms with E-state index >= 15 is 0 Å². The third-order valence-electron chi connectivity index (χ3n) is 3.24. The Hall–Kier alpha value is -1.35. The van der Waals surface area contributed by atoms with Crippen LogP contribution >= 0.6 is 0 Å².